The highest BCUT2D eigenvalue weighted by Crippen LogP contribution is 2.48. The summed E-state index contributed by atoms with van der Waals surface area (Å²) in [5.74, 6) is 0. The van der Waals surface area contributed by atoms with Crippen LogP contribution in [-0.4, -0.2) is 54.6 Å². The second kappa shape index (κ2) is 14.2. The largest absolute Gasteiger partial charge is 0.510 e. The Bertz CT molecular complexity index is 882. The smallest absolute Gasteiger partial charge is 0.432 e. The highest BCUT2D eigenvalue weighted by Gasteiger charge is 2.24. The summed E-state index contributed by atoms with van der Waals surface area (Å²) >= 11 is 5.70. The van der Waals surface area contributed by atoms with Crippen LogP contribution in [0.3, 0.4) is 0 Å². The molecule has 1 heterocycles. The van der Waals surface area contributed by atoms with Crippen molar-refractivity contribution < 1.29 is 32.6 Å². The number of nitrogens with zero attached hydrogens (tertiary/aromatic N) is 1. The van der Waals surface area contributed by atoms with E-state index in [0.717, 1.165) is 0 Å². The molecule has 0 aromatic carbocycles. The predicted octanol–water partition coefficient (Wildman–Crippen LogP) is 2.92. The van der Waals surface area contributed by atoms with Crippen molar-refractivity contribution in [2.45, 2.75) is 39.8 Å². The fraction of sp³-hybridized carbons (Fsp3) is 0.611. The van der Waals surface area contributed by atoms with Gasteiger partial charge in [-0.25, -0.2) is 9.59 Å². The Hall–Kier alpha value is -1.91. The first-order valence-electron chi connectivity index (χ1n) is 9.60. The van der Waals surface area contributed by atoms with E-state index in [2.05, 4.69) is 4.98 Å². The topological polar surface area (TPSA) is 135 Å². The van der Waals surface area contributed by atoms with Gasteiger partial charge in [-0.15, -0.1) is 0 Å². The molecule has 1 atom stereocenters. The molecular formula is C18H28ClN2O9P. The second-order valence-corrected chi connectivity index (χ2v) is 8.86. The van der Waals surface area contributed by atoms with Gasteiger partial charge in [0.25, 0.3) is 5.56 Å². The molecule has 0 aliphatic rings. The van der Waals surface area contributed by atoms with E-state index < -0.39 is 31.8 Å². The molecule has 1 aromatic heterocycles. The summed E-state index contributed by atoms with van der Waals surface area (Å²) < 4.78 is 39.4. The average molecular weight is 483 g/mol. The number of halogens is 1. The number of aromatic nitrogens is 2. The summed E-state index contributed by atoms with van der Waals surface area (Å²) in [7, 11) is -3.66. The first kappa shape index (κ1) is 27.1. The zero-order chi connectivity index (χ0) is 23.3. The highest BCUT2D eigenvalue weighted by molar-refractivity contribution is 7.54. The Morgan fingerprint density at radius 2 is 2.00 bits per heavy atom. The normalized spacial score (nSPS) is 13.5. The molecule has 0 radical (unpaired) electrons. The number of allylic oxidation sites excluding steroid dienone is 2. The molecule has 11 nitrogen and oxygen atoms in total. The minimum Gasteiger partial charge on any atom is -0.432 e. The van der Waals surface area contributed by atoms with Crippen molar-refractivity contribution >= 4 is 25.4 Å². The number of ether oxygens (including phenoxy) is 3. The number of aromatic amines is 1. The molecule has 1 rings (SSSR count). The molecular weight excluding hydrogens is 455 g/mol. The lowest BCUT2D eigenvalue weighted by atomic mass is 10.5. The lowest BCUT2D eigenvalue weighted by Gasteiger charge is -2.17. The van der Waals surface area contributed by atoms with Crippen molar-refractivity contribution in [2.24, 2.45) is 0 Å². The van der Waals surface area contributed by atoms with Gasteiger partial charge >= 0.3 is 19.4 Å². The first-order chi connectivity index (χ1) is 14.7. The summed E-state index contributed by atoms with van der Waals surface area (Å²) in [4.78, 5) is 36.5. The van der Waals surface area contributed by atoms with E-state index in [4.69, 9.17) is 34.9 Å². The Morgan fingerprint density at radius 3 is 2.68 bits per heavy atom. The maximum Gasteiger partial charge on any atom is 0.510 e. The quantitative estimate of drug-likeness (QED) is 0.139. The van der Waals surface area contributed by atoms with Crippen LogP contribution in [-0.2, 0) is 34.4 Å². The van der Waals surface area contributed by atoms with Crippen molar-refractivity contribution in [1.29, 1.82) is 0 Å². The van der Waals surface area contributed by atoms with E-state index in [1.165, 1.54) is 22.9 Å². The fourth-order valence-electron chi connectivity index (χ4n) is 2.04. The monoisotopic (exact) mass is 482 g/mol. The van der Waals surface area contributed by atoms with Crippen LogP contribution in [0.5, 0.6) is 0 Å². The van der Waals surface area contributed by atoms with Gasteiger partial charge in [-0.2, -0.15) is 0 Å². The van der Waals surface area contributed by atoms with Crippen molar-refractivity contribution in [3.63, 3.8) is 0 Å². The summed E-state index contributed by atoms with van der Waals surface area (Å²) in [6, 6.07) is 0. The third kappa shape index (κ3) is 11.3. The van der Waals surface area contributed by atoms with E-state index in [0.29, 0.717) is 19.6 Å². The molecule has 1 unspecified atom stereocenters. The molecule has 1 N–H and O–H groups in total. The summed E-state index contributed by atoms with van der Waals surface area (Å²) in [5, 5.41) is -0.134. The van der Waals surface area contributed by atoms with Crippen molar-refractivity contribution in [1.82, 2.24) is 9.55 Å². The van der Waals surface area contributed by atoms with Gasteiger partial charge in [-0.1, -0.05) is 23.8 Å². The number of hydrogen-bond acceptors (Lipinski definition) is 9. The van der Waals surface area contributed by atoms with Crippen LogP contribution in [0.15, 0.2) is 27.9 Å². The molecule has 1 aromatic rings. The first-order valence-corrected chi connectivity index (χ1v) is 11.7. The molecule has 0 aliphatic heterocycles. The van der Waals surface area contributed by atoms with Gasteiger partial charge in [0.2, 0.25) is 6.79 Å². The SMILES string of the molecule is CCOCCCOP(=O)(C/C=C/Cn1cc(Cl)c(=O)[nH]c1=O)OCOC(=O)OC(C)C. The molecule has 0 amide bonds. The van der Waals surface area contributed by atoms with Gasteiger partial charge in [0.15, 0.2) is 0 Å². The molecule has 0 saturated heterocycles. The van der Waals surface area contributed by atoms with Crippen LogP contribution in [0, 0.1) is 0 Å². The number of H-pyrrole nitrogens is 1. The zero-order valence-corrected chi connectivity index (χ0v) is 19.4. The molecule has 176 valence electrons. The lowest BCUT2D eigenvalue weighted by molar-refractivity contribution is -0.0129. The molecule has 0 bridgehead atoms. The number of carbonyl (C=O) groups excluding carboxylic acids is 1. The average Bonchev–Trinajstić information content (AvgIpc) is 2.68. The van der Waals surface area contributed by atoms with Gasteiger partial charge in [-0.3, -0.25) is 23.4 Å². The van der Waals surface area contributed by atoms with Gasteiger partial charge in [0, 0.05) is 26.0 Å². The maximum atomic E-state index is 12.9. The molecule has 0 spiro atoms. The zero-order valence-electron chi connectivity index (χ0n) is 17.7. The van der Waals surface area contributed by atoms with Crippen LogP contribution >= 0.6 is 19.2 Å². The number of carbonyl (C=O) groups is 1. The van der Waals surface area contributed by atoms with E-state index in [-0.39, 0.29) is 30.4 Å². The van der Waals surface area contributed by atoms with E-state index in [9.17, 15) is 18.9 Å². The number of nitrogens with one attached hydrogen (secondary N) is 1. The van der Waals surface area contributed by atoms with Crippen molar-refractivity contribution in [2.75, 3.05) is 32.8 Å². The Labute approximate surface area is 184 Å². The highest BCUT2D eigenvalue weighted by atomic mass is 35.5. The lowest BCUT2D eigenvalue weighted by Crippen LogP contribution is -2.29. The molecule has 31 heavy (non-hydrogen) atoms. The summed E-state index contributed by atoms with van der Waals surface area (Å²) in [6.07, 6.45) is 3.24. The summed E-state index contributed by atoms with van der Waals surface area (Å²) in [6.45, 7) is 5.70. The van der Waals surface area contributed by atoms with Gasteiger partial charge in [0.05, 0.1) is 18.9 Å². The Morgan fingerprint density at radius 1 is 1.26 bits per heavy atom. The minimum absolute atomic E-state index is 0.0664. The molecule has 13 heteroatoms. The van der Waals surface area contributed by atoms with Crippen LogP contribution in [0.4, 0.5) is 4.79 Å². The Balaban J connectivity index is 2.67. The van der Waals surface area contributed by atoms with E-state index in [1.54, 1.807) is 13.8 Å². The molecule has 0 aliphatic carbocycles. The maximum absolute atomic E-state index is 12.9. The van der Waals surface area contributed by atoms with Crippen LogP contribution < -0.4 is 11.2 Å². The Kier molecular flexibility index (Phi) is 12.4. The second-order valence-electron chi connectivity index (χ2n) is 6.35. The number of rotatable bonds is 14. The van der Waals surface area contributed by atoms with Crippen molar-refractivity contribution in [3.8, 4) is 0 Å². The van der Waals surface area contributed by atoms with Gasteiger partial charge in [-0.05, 0) is 27.2 Å². The van der Waals surface area contributed by atoms with Gasteiger partial charge < -0.3 is 18.7 Å². The van der Waals surface area contributed by atoms with E-state index in [1.807, 2.05) is 6.92 Å². The van der Waals surface area contributed by atoms with Crippen LogP contribution in [0.2, 0.25) is 5.02 Å². The fourth-order valence-corrected chi connectivity index (χ4v) is 3.52. The predicted molar refractivity (Wildman–Crippen MR) is 114 cm³/mol. The van der Waals surface area contributed by atoms with E-state index >= 15 is 0 Å². The van der Waals surface area contributed by atoms with Crippen LogP contribution in [0.25, 0.3) is 0 Å². The summed E-state index contributed by atoms with van der Waals surface area (Å²) in [5.41, 5.74) is -1.32. The minimum atomic E-state index is -3.66. The van der Waals surface area contributed by atoms with Gasteiger partial charge in [0.1, 0.15) is 5.02 Å². The molecule has 0 saturated carbocycles. The third-order valence-electron chi connectivity index (χ3n) is 3.45. The van der Waals surface area contributed by atoms with Crippen molar-refractivity contribution in [3.05, 3.63) is 44.2 Å². The standard InChI is InChI=1S/C18H28ClN2O9P/c1-4-26-9-7-10-28-31(25,29-13-27-18(24)30-14(2)3)11-6-5-8-21-12-15(19)16(22)20-17(21)23/h5-6,12,14H,4,7-11,13H2,1-3H3,(H,20,22,23)/b6-5+. The van der Waals surface area contributed by atoms with Crippen LogP contribution in [0.1, 0.15) is 27.2 Å². The molecule has 0 fully saturated rings. The number of hydrogen-bond donors (Lipinski definition) is 1. The third-order valence-corrected chi connectivity index (χ3v) is 5.45.